The molecule has 0 aliphatic carbocycles. The average Bonchev–Trinajstić information content (AvgIpc) is 2.57. The molecule has 0 spiro atoms. The molecule has 1 aromatic rings. The van der Waals surface area contributed by atoms with Gasteiger partial charge in [-0.25, -0.2) is 8.42 Å². The molecule has 0 unspecified atom stereocenters. The van der Waals surface area contributed by atoms with Crippen LogP contribution in [0.1, 0.15) is 13.8 Å². The molecule has 1 aromatic carbocycles. The Morgan fingerprint density at radius 1 is 1.08 bits per heavy atom. The molecule has 1 heterocycles. The number of likely N-dealkylation sites (N-methyl/N-ethyl adjacent to an activating group) is 1. The van der Waals surface area contributed by atoms with Crippen molar-refractivity contribution >= 4 is 27.5 Å². The Kier molecular flexibility index (Phi) is 6.62. The Bertz CT molecular complexity index is 652. The highest BCUT2D eigenvalue weighted by Crippen LogP contribution is 2.19. The van der Waals surface area contributed by atoms with Crippen molar-refractivity contribution in [1.82, 2.24) is 14.1 Å². The highest BCUT2D eigenvalue weighted by molar-refractivity contribution is 7.89. The van der Waals surface area contributed by atoms with Crippen molar-refractivity contribution in [2.45, 2.75) is 18.7 Å². The summed E-state index contributed by atoms with van der Waals surface area (Å²) in [7, 11) is -3.50. The minimum absolute atomic E-state index is 0.0917. The molecule has 0 aromatic heterocycles. The summed E-state index contributed by atoms with van der Waals surface area (Å²) in [6.45, 7) is 7.53. The third-order valence-electron chi connectivity index (χ3n) is 4.26. The lowest BCUT2D eigenvalue weighted by Crippen LogP contribution is -2.51. The van der Waals surface area contributed by atoms with Crippen molar-refractivity contribution in [3.8, 4) is 0 Å². The summed E-state index contributed by atoms with van der Waals surface area (Å²) in [4.78, 5) is 16.2. The van der Waals surface area contributed by atoms with Crippen LogP contribution in [0.4, 0.5) is 0 Å². The van der Waals surface area contributed by atoms with E-state index in [1.54, 1.807) is 17.0 Å². The number of amides is 1. The Hall–Kier alpha value is -1.15. The maximum atomic E-state index is 12.6. The molecule has 0 N–H and O–H groups in total. The van der Waals surface area contributed by atoms with Crippen LogP contribution in [-0.4, -0.2) is 74.2 Å². The van der Waals surface area contributed by atoms with Crippen LogP contribution in [0.2, 0.25) is 5.02 Å². The fourth-order valence-electron chi connectivity index (χ4n) is 2.75. The number of carbonyl (C=O) groups excluding carboxylic acids is 1. The van der Waals surface area contributed by atoms with Crippen LogP contribution in [0.3, 0.4) is 0 Å². The third kappa shape index (κ3) is 4.47. The molecule has 0 saturated carbocycles. The van der Waals surface area contributed by atoms with Crippen molar-refractivity contribution in [3.63, 3.8) is 0 Å². The molecule has 1 amide bonds. The van der Waals surface area contributed by atoms with E-state index in [4.69, 9.17) is 11.6 Å². The summed E-state index contributed by atoms with van der Waals surface area (Å²) >= 11 is 5.81. The molecule has 0 bridgehead atoms. The Labute approximate surface area is 149 Å². The smallest absolute Gasteiger partial charge is 0.243 e. The van der Waals surface area contributed by atoms with E-state index in [2.05, 4.69) is 0 Å². The first-order valence-electron chi connectivity index (χ1n) is 8.14. The van der Waals surface area contributed by atoms with Gasteiger partial charge in [0, 0.05) is 44.3 Å². The second kappa shape index (κ2) is 8.29. The van der Waals surface area contributed by atoms with Crippen molar-refractivity contribution in [3.05, 3.63) is 29.3 Å². The first-order valence-corrected chi connectivity index (χ1v) is 9.96. The van der Waals surface area contributed by atoms with E-state index in [1.165, 1.54) is 16.4 Å². The van der Waals surface area contributed by atoms with Crippen LogP contribution in [0, 0.1) is 0 Å². The van der Waals surface area contributed by atoms with E-state index in [9.17, 15) is 13.2 Å². The first kappa shape index (κ1) is 19.2. The van der Waals surface area contributed by atoms with Crippen LogP contribution in [0.5, 0.6) is 0 Å². The van der Waals surface area contributed by atoms with Gasteiger partial charge in [0.15, 0.2) is 0 Å². The van der Waals surface area contributed by atoms with Gasteiger partial charge in [0.2, 0.25) is 15.9 Å². The Balaban J connectivity index is 1.94. The number of rotatable bonds is 6. The predicted molar refractivity (Wildman–Crippen MR) is 94.6 cm³/mol. The zero-order valence-electron chi connectivity index (χ0n) is 14.1. The Morgan fingerprint density at radius 3 is 2.12 bits per heavy atom. The largest absolute Gasteiger partial charge is 0.342 e. The van der Waals surface area contributed by atoms with Gasteiger partial charge in [-0.1, -0.05) is 11.6 Å². The summed E-state index contributed by atoms with van der Waals surface area (Å²) in [6, 6.07) is 6.20. The zero-order valence-corrected chi connectivity index (χ0v) is 15.7. The molecule has 0 atom stereocenters. The topological polar surface area (TPSA) is 60.9 Å². The molecule has 24 heavy (non-hydrogen) atoms. The molecular weight excluding hydrogens is 350 g/mol. The van der Waals surface area contributed by atoms with Crippen molar-refractivity contribution < 1.29 is 13.2 Å². The lowest BCUT2D eigenvalue weighted by Gasteiger charge is -2.34. The lowest BCUT2D eigenvalue weighted by atomic mass is 10.3. The summed E-state index contributed by atoms with van der Waals surface area (Å²) in [5, 5.41) is 0.508. The molecule has 1 fully saturated rings. The molecule has 2 rings (SSSR count). The van der Waals surface area contributed by atoms with E-state index in [0.29, 0.717) is 50.8 Å². The fraction of sp³-hybridized carbons (Fsp3) is 0.562. The molecule has 0 radical (unpaired) electrons. The van der Waals surface area contributed by atoms with Crippen LogP contribution >= 0.6 is 11.6 Å². The minimum Gasteiger partial charge on any atom is -0.342 e. The maximum absolute atomic E-state index is 12.6. The summed E-state index contributed by atoms with van der Waals surface area (Å²) in [6.07, 6.45) is 0. The van der Waals surface area contributed by atoms with Gasteiger partial charge >= 0.3 is 0 Å². The van der Waals surface area contributed by atoms with Gasteiger partial charge in [0.05, 0.1) is 11.4 Å². The van der Waals surface area contributed by atoms with Gasteiger partial charge < -0.3 is 4.90 Å². The monoisotopic (exact) mass is 373 g/mol. The summed E-state index contributed by atoms with van der Waals surface area (Å²) in [5.74, 6) is 0.0917. The molecule has 8 heteroatoms. The number of hydrogen-bond acceptors (Lipinski definition) is 4. The van der Waals surface area contributed by atoms with Crippen LogP contribution in [0.15, 0.2) is 29.2 Å². The van der Waals surface area contributed by atoms with E-state index in [1.807, 2.05) is 18.7 Å². The van der Waals surface area contributed by atoms with Crippen molar-refractivity contribution in [2.24, 2.45) is 0 Å². The molecule has 134 valence electrons. The predicted octanol–water partition coefficient (Wildman–Crippen LogP) is 1.51. The van der Waals surface area contributed by atoms with Crippen LogP contribution < -0.4 is 0 Å². The lowest BCUT2D eigenvalue weighted by molar-refractivity contribution is -0.132. The number of sulfonamides is 1. The molecule has 1 aliphatic heterocycles. The standard InChI is InChI=1S/C16H24ClN3O3S/c1-3-19(4-2)16(21)13-18-9-11-20(12-10-18)24(22,23)15-7-5-14(17)6-8-15/h5-8H,3-4,9-13H2,1-2H3. The summed E-state index contributed by atoms with van der Waals surface area (Å²) in [5.41, 5.74) is 0. The third-order valence-corrected chi connectivity index (χ3v) is 6.42. The number of nitrogens with zero attached hydrogens (tertiary/aromatic N) is 3. The van der Waals surface area contributed by atoms with Gasteiger partial charge in [-0.3, -0.25) is 9.69 Å². The number of hydrogen-bond donors (Lipinski definition) is 0. The van der Waals surface area contributed by atoms with Crippen molar-refractivity contribution in [2.75, 3.05) is 45.8 Å². The first-order chi connectivity index (χ1) is 11.4. The maximum Gasteiger partial charge on any atom is 0.243 e. The Morgan fingerprint density at radius 2 is 1.62 bits per heavy atom. The second-order valence-electron chi connectivity index (χ2n) is 5.70. The molecule has 1 saturated heterocycles. The number of piperazine rings is 1. The summed E-state index contributed by atoms with van der Waals surface area (Å²) < 4.78 is 26.7. The molecular formula is C16H24ClN3O3S. The van der Waals surface area contributed by atoms with Crippen LogP contribution in [0.25, 0.3) is 0 Å². The zero-order chi connectivity index (χ0) is 17.7. The second-order valence-corrected chi connectivity index (χ2v) is 8.07. The normalized spacial score (nSPS) is 17.0. The van der Waals surface area contributed by atoms with E-state index in [-0.39, 0.29) is 10.8 Å². The van der Waals surface area contributed by atoms with E-state index >= 15 is 0 Å². The molecule has 6 nitrogen and oxygen atoms in total. The van der Waals surface area contributed by atoms with Crippen LogP contribution in [-0.2, 0) is 14.8 Å². The highest BCUT2D eigenvalue weighted by Gasteiger charge is 2.29. The molecule has 1 aliphatic rings. The van der Waals surface area contributed by atoms with Gasteiger partial charge in [-0.05, 0) is 38.1 Å². The van der Waals surface area contributed by atoms with Gasteiger partial charge in [-0.15, -0.1) is 0 Å². The highest BCUT2D eigenvalue weighted by atomic mass is 35.5. The van der Waals surface area contributed by atoms with Gasteiger partial charge in [0.1, 0.15) is 0 Å². The van der Waals surface area contributed by atoms with Crippen molar-refractivity contribution in [1.29, 1.82) is 0 Å². The average molecular weight is 374 g/mol. The quantitative estimate of drug-likeness (QED) is 0.758. The fourth-order valence-corrected chi connectivity index (χ4v) is 4.30. The van der Waals surface area contributed by atoms with Gasteiger partial charge in [0.25, 0.3) is 0 Å². The number of halogens is 1. The minimum atomic E-state index is -3.50. The van der Waals surface area contributed by atoms with Gasteiger partial charge in [-0.2, -0.15) is 4.31 Å². The SMILES string of the molecule is CCN(CC)C(=O)CN1CCN(S(=O)(=O)c2ccc(Cl)cc2)CC1. The van der Waals surface area contributed by atoms with E-state index < -0.39 is 10.0 Å². The number of benzene rings is 1. The number of carbonyl (C=O) groups is 1. The van der Waals surface area contributed by atoms with E-state index in [0.717, 1.165) is 0 Å².